The highest BCUT2D eigenvalue weighted by molar-refractivity contribution is 5.06. The van der Waals surface area contributed by atoms with Crippen molar-refractivity contribution >= 4 is 0 Å². The molecule has 1 atom stereocenters. The van der Waals surface area contributed by atoms with Crippen LogP contribution in [0.4, 0.5) is 0 Å². The van der Waals surface area contributed by atoms with Gasteiger partial charge in [-0.1, -0.05) is 33.1 Å². The summed E-state index contributed by atoms with van der Waals surface area (Å²) in [6.07, 6.45) is 7.91. The predicted molar refractivity (Wildman–Crippen MR) is 66.8 cm³/mol. The van der Waals surface area contributed by atoms with Crippen molar-refractivity contribution in [3.63, 3.8) is 0 Å². The number of hydrogen-bond donors (Lipinski definition) is 1. The fourth-order valence-corrected chi connectivity index (χ4v) is 1.60. The molecule has 4 nitrogen and oxygen atoms in total. The molecular weight excluding hydrogens is 216 g/mol. The van der Waals surface area contributed by atoms with Gasteiger partial charge in [-0.15, -0.1) is 0 Å². The second-order valence-corrected chi connectivity index (χ2v) is 4.23. The summed E-state index contributed by atoms with van der Waals surface area (Å²) < 4.78 is 5.60. The summed E-state index contributed by atoms with van der Waals surface area (Å²) >= 11 is 0. The summed E-state index contributed by atoms with van der Waals surface area (Å²) in [6.45, 7) is 5.00. The van der Waals surface area contributed by atoms with E-state index in [2.05, 4.69) is 23.8 Å². The van der Waals surface area contributed by atoms with Crippen molar-refractivity contribution in [3.05, 3.63) is 18.1 Å². The summed E-state index contributed by atoms with van der Waals surface area (Å²) in [7, 11) is 0. The average molecular weight is 238 g/mol. The van der Waals surface area contributed by atoms with E-state index in [1.807, 2.05) is 0 Å². The van der Waals surface area contributed by atoms with E-state index in [-0.39, 0.29) is 6.61 Å². The average Bonchev–Trinajstić information content (AvgIpc) is 2.39. The molecule has 1 heterocycles. The number of ether oxygens (including phenoxy) is 1. The van der Waals surface area contributed by atoms with Gasteiger partial charge in [-0.05, 0) is 12.3 Å². The highest BCUT2D eigenvalue weighted by Gasteiger charge is 2.07. The summed E-state index contributed by atoms with van der Waals surface area (Å²) in [5, 5.41) is 8.84. The number of unbranched alkanes of at least 4 members (excludes halogenated alkanes) is 1. The van der Waals surface area contributed by atoms with Gasteiger partial charge in [-0.3, -0.25) is 4.98 Å². The fourth-order valence-electron chi connectivity index (χ4n) is 1.60. The third kappa shape index (κ3) is 5.13. The van der Waals surface area contributed by atoms with E-state index in [1.165, 1.54) is 19.3 Å². The molecule has 4 heteroatoms. The molecule has 1 rings (SSSR count). The maximum absolute atomic E-state index is 8.84. The standard InChI is InChI=1S/C13H22N2O2/c1-3-5-6-11(4-2)10-17-13-8-14-12(9-16)7-15-13/h7-8,11,16H,3-6,9-10H2,1-2H3. The molecule has 17 heavy (non-hydrogen) atoms. The van der Waals surface area contributed by atoms with Crippen LogP contribution in [0.5, 0.6) is 5.88 Å². The Labute approximate surface area is 103 Å². The molecule has 0 aliphatic rings. The van der Waals surface area contributed by atoms with Crippen LogP contribution in [-0.2, 0) is 6.61 Å². The molecule has 0 aliphatic carbocycles. The molecule has 0 amide bonds. The topological polar surface area (TPSA) is 55.2 Å². The lowest BCUT2D eigenvalue weighted by Gasteiger charge is -2.14. The minimum Gasteiger partial charge on any atom is -0.476 e. The van der Waals surface area contributed by atoms with Crippen LogP contribution in [0.2, 0.25) is 0 Å². The van der Waals surface area contributed by atoms with Crippen molar-refractivity contribution in [2.24, 2.45) is 5.92 Å². The molecule has 96 valence electrons. The molecule has 0 spiro atoms. The van der Waals surface area contributed by atoms with Gasteiger partial charge in [0.05, 0.1) is 31.3 Å². The molecule has 0 saturated heterocycles. The summed E-state index contributed by atoms with van der Waals surface area (Å²) in [5.41, 5.74) is 0.565. The van der Waals surface area contributed by atoms with E-state index in [1.54, 1.807) is 12.4 Å². The smallest absolute Gasteiger partial charge is 0.232 e. The first kappa shape index (κ1) is 13.9. The van der Waals surface area contributed by atoms with E-state index >= 15 is 0 Å². The van der Waals surface area contributed by atoms with Crippen molar-refractivity contribution < 1.29 is 9.84 Å². The molecule has 0 radical (unpaired) electrons. The van der Waals surface area contributed by atoms with E-state index in [0.717, 1.165) is 6.42 Å². The first-order valence-electron chi connectivity index (χ1n) is 6.34. The van der Waals surface area contributed by atoms with Crippen LogP contribution in [0.15, 0.2) is 12.4 Å². The quantitative estimate of drug-likeness (QED) is 0.756. The Bertz CT molecular complexity index is 301. The molecule has 1 N–H and O–H groups in total. The zero-order valence-electron chi connectivity index (χ0n) is 10.7. The van der Waals surface area contributed by atoms with Crippen molar-refractivity contribution in [1.82, 2.24) is 9.97 Å². The number of aromatic nitrogens is 2. The maximum atomic E-state index is 8.84. The number of hydrogen-bond acceptors (Lipinski definition) is 4. The van der Waals surface area contributed by atoms with Gasteiger partial charge in [0.15, 0.2) is 0 Å². The molecule has 0 saturated carbocycles. The Morgan fingerprint density at radius 3 is 2.65 bits per heavy atom. The van der Waals surface area contributed by atoms with Gasteiger partial charge in [-0.25, -0.2) is 4.98 Å². The molecule has 0 aromatic carbocycles. The SMILES string of the molecule is CCCCC(CC)COc1cnc(CO)cn1. The van der Waals surface area contributed by atoms with Gasteiger partial charge in [0.25, 0.3) is 0 Å². The lowest BCUT2D eigenvalue weighted by molar-refractivity contribution is 0.224. The van der Waals surface area contributed by atoms with Gasteiger partial charge in [0, 0.05) is 0 Å². The molecule has 1 unspecified atom stereocenters. The minimum absolute atomic E-state index is 0.0820. The Morgan fingerprint density at radius 2 is 2.12 bits per heavy atom. The van der Waals surface area contributed by atoms with Gasteiger partial charge >= 0.3 is 0 Å². The Morgan fingerprint density at radius 1 is 1.29 bits per heavy atom. The normalized spacial score (nSPS) is 12.4. The lowest BCUT2D eigenvalue weighted by atomic mass is 10.0. The van der Waals surface area contributed by atoms with Gasteiger partial charge in [0.2, 0.25) is 5.88 Å². The molecular formula is C13H22N2O2. The Balaban J connectivity index is 2.36. The Kier molecular flexibility index (Phi) is 6.55. The molecule has 1 aromatic heterocycles. The van der Waals surface area contributed by atoms with Gasteiger partial charge < -0.3 is 9.84 Å². The molecule has 0 aliphatic heterocycles. The summed E-state index contributed by atoms with van der Waals surface area (Å²) in [6, 6.07) is 0. The predicted octanol–water partition coefficient (Wildman–Crippen LogP) is 2.56. The van der Waals surface area contributed by atoms with Crippen LogP contribution in [-0.4, -0.2) is 21.7 Å². The number of rotatable bonds is 8. The van der Waals surface area contributed by atoms with Crippen molar-refractivity contribution in [1.29, 1.82) is 0 Å². The lowest BCUT2D eigenvalue weighted by Crippen LogP contribution is -2.12. The van der Waals surface area contributed by atoms with E-state index in [4.69, 9.17) is 9.84 Å². The number of nitrogens with zero attached hydrogens (tertiary/aromatic N) is 2. The maximum Gasteiger partial charge on any atom is 0.232 e. The minimum atomic E-state index is -0.0820. The van der Waals surface area contributed by atoms with Crippen LogP contribution < -0.4 is 4.74 Å². The van der Waals surface area contributed by atoms with Crippen LogP contribution in [0.3, 0.4) is 0 Å². The van der Waals surface area contributed by atoms with Crippen LogP contribution in [0, 0.1) is 5.92 Å². The highest BCUT2D eigenvalue weighted by Crippen LogP contribution is 2.14. The van der Waals surface area contributed by atoms with E-state index in [0.29, 0.717) is 24.1 Å². The third-order valence-electron chi connectivity index (χ3n) is 2.85. The molecule has 0 bridgehead atoms. The first-order valence-corrected chi connectivity index (χ1v) is 6.34. The highest BCUT2D eigenvalue weighted by atomic mass is 16.5. The van der Waals surface area contributed by atoms with E-state index < -0.39 is 0 Å². The van der Waals surface area contributed by atoms with Crippen LogP contribution in [0.1, 0.15) is 45.2 Å². The Hall–Kier alpha value is -1.16. The van der Waals surface area contributed by atoms with Crippen molar-refractivity contribution in [2.75, 3.05) is 6.61 Å². The zero-order chi connectivity index (χ0) is 12.5. The van der Waals surface area contributed by atoms with Gasteiger partial charge in [0.1, 0.15) is 0 Å². The number of aliphatic hydroxyl groups excluding tert-OH is 1. The molecule has 1 aromatic rings. The fraction of sp³-hybridized carbons (Fsp3) is 0.692. The van der Waals surface area contributed by atoms with Crippen LogP contribution in [0.25, 0.3) is 0 Å². The molecule has 0 fully saturated rings. The van der Waals surface area contributed by atoms with E-state index in [9.17, 15) is 0 Å². The van der Waals surface area contributed by atoms with Crippen molar-refractivity contribution in [3.8, 4) is 5.88 Å². The zero-order valence-corrected chi connectivity index (χ0v) is 10.7. The second kappa shape index (κ2) is 8.01. The largest absolute Gasteiger partial charge is 0.476 e. The first-order chi connectivity index (χ1) is 8.30. The second-order valence-electron chi connectivity index (χ2n) is 4.23. The summed E-state index contributed by atoms with van der Waals surface area (Å²) in [4.78, 5) is 8.12. The van der Waals surface area contributed by atoms with Crippen molar-refractivity contribution in [2.45, 2.75) is 46.1 Å². The van der Waals surface area contributed by atoms with Crippen LogP contribution >= 0.6 is 0 Å². The van der Waals surface area contributed by atoms with Gasteiger partial charge in [-0.2, -0.15) is 0 Å². The monoisotopic (exact) mass is 238 g/mol. The number of aliphatic hydroxyl groups is 1. The summed E-state index contributed by atoms with van der Waals surface area (Å²) in [5.74, 6) is 1.13. The third-order valence-corrected chi connectivity index (χ3v) is 2.85.